The first-order valence-corrected chi connectivity index (χ1v) is 4.74. The van der Waals surface area contributed by atoms with E-state index >= 15 is 0 Å². The van der Waals surface area contributed by atoms with Gasteiger partial charge in [0, 0.05) is 6.04 Å². The van der Waals surface area contributed by atoms with Gasteiger partial charge in [-0.05, 0) is 23.5 Å². The van der Waals surface area contributed by atoms with Gasteiger partial charge in [0.15, 0.2) is 0 Å². The summed E-state index contributed by atoms with van der Waals surface area (Å²) in [5, 5.41) is 0. The standard InChI is InChI=1S/C12H19N.ClH/c1-9-7-5-6-8-10(9)11(13)12(2,3)4;/h5-8,11H,13H2,1-4H3;1H/t11-;/m0./s1. The van der Waals surface area contributed by atoms with Crippen LogP contribution in [-0.4, -0.2) is 0 Å². The van der Waals surface area contributed by atoms with Gasteiger partial charge in [-0.25, -0.2) is 0 Å². The molecule has 80 valence electrons. The number of aryl methyl sites for hydroxylation is 1. The quantitative estimate of drug-likeness (QED) is 0.760. The Bertz CT molecular complexity index is 289. The fourth-order valence-corrected chi connectivity index (χ4v) is 1.40. The molecule has 1 aromatic rings. The average Bonchev–Trinajstić information content (AvgIpc) is 2.02. The number of benzene rings is 1. The smallest absolute Gasteiger partial charge is 0.0346 e. The third-order valence-corrected chi connectivity index (χ3v) is 2.46. The summed E-state index contributed by atoms with van der Waals surface area (Å²) in [6.07, 6.45) is 0. The minimum absolute atomic E-state index is 0. The van der Waals surface area contributed by atoms with Crippen LogP contribution in [0.1, 0.15) is 37.9 Å². The van der Waals surface area contributed by atoms with E-state index in [1.807, 2.05) is 12.1 Å². The molecule has 1 aromatic carbocycles. The molecule has 0 saturated heterocycles. The lowest BCUT2D eigenvalue weighted by molar-refractivity contribution is 0.326. The SMILES string of the molecule is Cc1ccccc1[C@H](N)C(C)(C)C.Cl. The van der Waals surface area contributed by atoms with Gasteiger partial charge in [0.1, 0.15) is 0 Å². The summed E-state index contributed by atoms with van der Waals surface area (Å²) in [5.74, 6) is 0. The molecule has 0 saturated carbocycles. The van der Waals surface area contributed by atoms with Crippen LogP contribution in [0.25, 0.3) is 0 Å². The molecule has 0 aromatic heterocycles. The van der Waals surface area contributed by atoms with Gasteiger partial charge < -0.3 is 5.73 Å². The van der Waals surface area contributed by atoms with E-state index in [1.54, 1.807) is 0 Å². The molecule has 0 aliphatic heterocycles. The maximum Gasteiger partial charge on any atom is 0.0346 e. The zero-order chi connectivity index (χ0) is 10.1. The monoisotopic (exact) mass is 213 g/mol. The Morgan fingerprint density at radius 3 is 2.07 bits per heavy atom. The highest BCUT2D eigenvalue weighted by atomic mass is 35.5. The number of rotatable bonds is 1. The van der Waals surface area contributed by atoms with Crippen LogP contribution in [0.15, 0.2) is 24.3 Å². The van der Waals surface area contributed by atoms with Crippen LogP contribution < -0.4 is 5.73 Å². The van der Waals surface area contributed by atoms with Crippen molar-refractivity contribution in [3.63, 3.8) is 0 Å². The highest BCUT2D eigenvalue weighted by Gasteiger charge is 2.22. The molecule has 0 amide bonds. The van der Waals surface area contributed by atoms with E-state index in [1.165, 1.54) is 11.1 Å². The Kier molecular flexibility index (Phi) is 4.63. The molecular weight excluding hydrogens is 194 g/mol. The Hall–Kier alpha value is -0.530. The van der Waals surface area contributed by atoms with Gasteiger partial charge in [0.05, 0.1) is 0 Å². The zero-order valence-corrected chi connectivity index (χ0v) is 10.2. The Morgan fingerprint density at radius 2 is 1.64 bits per heavy atom. The fraction of sp³-hybridized carbons (Fsp3) is 0.500. The predicted octanol–water partition coefficient (Wildman–Crippen LogP) is 3.46. The fourth-order valence-electron chi connectivity index (χ4n) is 1.40. The van der Waals surface area contributed by atoms with E-state index in [2.05, 4.69) is 39.8 Å². The van der Waals surface area contributed by atoms with E-state index in [4.69, 9.17) is 5.73 Å². The molecule has 2 N–H and O–H groups in total. The topological polar surface area (TPSA) is 26.0 Å². The van der Waals surface area contributed by atoms with E-state index in [9.17, 15) is 0 Å². The maximum atomic E-state index is 6.17. The first-order chi connectivity index (χ1) is 5.93. The first-order valence-electron chi connectivity index (χ1n) is 4.74. The van der Waals surface area contributed by atoms with E-state index < -0.39 is 0 Å². The Labute approximate surface area is 93.1 Å². The summed E-state index contributed by atoms with van der Waals surface area (Å²) in [6.45, 7) is 8.62. The van der Waals surface area contributed by atoms with Crippen LogP contribution in [0.5, 0.6) is 0 Å². The van der Waals surface area contributed by atoms with E-state index in [0.29, 0.717) is 0 Å². The summed E-state index contributed by atoms with van der Waals surface area (Å²) in [5.41, 5.74) is 8.85. The lowest BCUT2D eigenvalue weighted by Crippen LogP contribution is -2.26. The third-order valence-electron chi connectivity index (χ3n) is 2.46. The summed E-state index contributed by atoms with van der Waals surface area (Å²) in [7, 11) is 0. The van der Waals surface area contributed by atoms with Crippen LogP contribution in [0.2, 0.25) is 0 Å². The van der Waals surface area contributed by atoms with Crippen molar-refractivity contribution in [3.8, 4) is 0 Å². The van der Waals surface area contributed by atoms with Crippen molar-refractivity contribution in [1.82, 2.24) is 0 Å². The van der Waals surface area contributed by atoms with E-state index in [-0.39, 0.29) is 23.9 Å². The van der Waals surface area contributed by atoms with Gasteiger partial charge >= 0.3 is 0 Å². The minimum atomic E-state index is 0. The number of hydrogen-bond donors (Lipinski definition) is 1. The van der Waals surface area contributed by atoms with Crippen molar-refractivity contribution in [3.05, 3.63) is 35.4 Å². The highest BCUT2D eigenvalue weighted by Crippen LogP contribution is 2.31. The first kappa shape index (κ1) is 13.5. The Balaban J connectivity index is 0.00000169. The van der Waals surface area contributed by atoms with Crippen molar-refractivity contribution in [2.75, 3.05) is 0 Å². The van der Waals surface area contributed by atoms with E-state index in [0.717, 1.165) is 0 Å². The van der Waals surface area contributed by atoms with Gasteiger partial charge in [-0.1, -0.05) is 45.0 Å². The predicted molar refractivity (Wildman–Crippen MR) is 64.8 cm³/mol. The molecule has 0 fully saturated rings. The van der Waals surface area contributed by atoms with Crippen molar-refractivity contribution >= 4 is 12.4 Å². The van der Waals surface area contributed by atoms with Gasteiger partial charge in [0.2, 0.25) is 0 Å². The van der Waals surface area contributed by atoms with Gasteiger partial charge in [-0.3, -0.25) is 0 Å². The zero-order valence-electron chi connectivity index (χ0n) is 9.37. The molecule has 0 heterocycles. The summed E-state index contributed by atoms with van der Waals surface area (Å²) >= 11 is 0. The van der Waals surface area contributed by atoms with Crippen LogP contribution in [0.4, 0.5) is 0 Å². The van der Waals surface area contributed by atoms with Crippen LogP contribution in [0, 0.1) is 12.3 Å². The maximum absolute atomic E-state index is 6.17. The molecule has 1 nitrogen and oxygen atoms in total. The van der Waals surface area contributed by atoms with Gasteiger partial charge in [-0.15, -0.1) is 12.4 Å². The minimum Gasteiger partial charge on any atom is -0.324 e. The van der Waals surface area contributed by atoms with Crippen LogP contribution in [-0.2, 0) is 0 Å². The second kappa shape index (κ2) is 4.81. The average molecular weight is 214 g/mol. The normalized spacial score (nSPS) is 13.2. The molecule has 0 bridgehead atoms. The molecule has 0 aliphatic carbocycles. The molecule has 2 heteroatoms. The van der Waals surface area contributed by atoms with Crippen molar-refractivity contribution in [2.45, 2.75) is 33.7 Å². The second-order valence-electron chi connectivity index (χ2n) is 4.70. The molecule has 0 aliphatic rings. The molecule has 0 spiro atoms. The molecule has 0 radical (unpaired) electrons. The molecule has 14 heavy (non-hydrogen) atoms. The number of nitrogens with two attached hydrogens (primary N) is 1. The summed E-state index contributed by atoms with van der Waals surface area (Å²) in [6, 6.07) is 8.45. The lowest BCUT2D eigenvalue weighted by atomic mass is 9.81. The second-order valence-corrected chi connectivity index (χ2v) is 4.70. The number of halogens is 1. The highest BCUT2D eigenvalue weighted by molar-refractivity contribution is 5.85. The summed E-state index contributed by atoms with van der Waals surface area (Å²) in [4.78, 5) is 0. The molecule has 0 unspecified atom stereocenters. The number of hydrogen-bond acceptors (Lipinski definition) is 1. The molecule has 1 atom stereocenters. The van der Waals surface area contributed by atoms with Gasteiger partial charge in [0.25, 0.3) is 0 Å². The van der Waals surface area contributed by atoms with Crippen LogP contribution in [0.3, 0.4) is 0 Å². The largest absolute Gasteiger partial charge is 0.324 e. The third kappa shape index (κ3) is 3.00. The van der Waals surface area contributed by atoms with Crippen molar-refractivity contribution in [1.29, 1.82) is 0 Å². The Morgan fingerprint density at radius 1 is 1.14 bits per heavy atom. The lowest BCUT2D eigenvalue weighted by Gasteiger charge is -2.28. The van der Waals surface area contributed by atoms with Crippen molar-refractivity contribution in [2.24, 2.45) is 11.1 Å². The molecule has 1 rings (SSSR count). The summed E-state index contributed by atoms with van der Waals surface area (Å²) < 4.78 is 0. The van der Waals surface area contributed by atoms with Crippen molar-refractivity contribution < 1.29 is 0 Å². The molecular formula is C12H20ClN. The van der Waals surface area contributed by atoms with Gasteiger partial charge in [-0.2, -0.15) is 0 Å². The van der Waals surface area contributed by atoms with Crippen LogP contribution >= 0.6 is 12.4 Å².